The SMILES string of the molecule is CC(C)C[C@H](NC(=O)Nc1ccc(C(F)(F)F)cc1)C(=O)NCO[PH](=O)OCNC(=O)[C@H](CC(C)C)NC(=O)Nc1ccc(C(F)(F)F)cc1. The smallest absolute Gasteiger partial charge is 0.331 e. The first-order valence-corrected chi connectivity index (χ1v) is 16.3. The normalized spacial score (nSPS) is 13.1. The highest BCUT2D eigenvalue weighted by Crippen LogP contribution is 2.31. The molecule has 6 N–H and O–H groups in total. The van der Waals surface area contributed by atoms with Crippen LogP contribution in [0, 0.1) is 11.8 Å². The maximum atomic E-state index is 12.8. The number of hydrogen-bond acceptors (Lipinski definition) is 7. The van der Waals surface area contributed by atoms with Gasteiger partial charge in [0, 0.05) is 11.4 Å². The third-order valence-corrected chi connectivity index (χ3v) is 7.23. The van der Waals surface area contributed by atoms with E-state index in [0.717, 1.165) is 48.5 Å². The Morgan fingerprint density at radius 1 is 0.620 bits per heavy atom. The molecule has 0 saturated heterocycles. The molecule has 278 valence electrons. The van der Waals surface area contributed by atoms with Gasteiger partial charge < -0.3 is 31.9 Å². The van der Waals surface area contributed by atoms with E-state index in [-0.39, 0.29) is 36.1 Å². The highest BCUT2D eigenvalue weighted by atomic mass is 31.1. The molecule has 2 atom stereocenters. The van der Waals surface area contributed by atoms with Gasteiger partial charge in [-0.15, -0.1) is 0 Å². The molecule has 0 fully saturated rings. The maximum Gasteiger partial charge on any atom is 0.416 e. The van der Waals surface area contributed by atoms with Crippen LogP contribution in [0.5, 0.6) is 0 Å². The van der Waals surface area contributed by atoms with Gasteiger partial charge in [-0.3, -0.25) is 23.2 Å². The second kappa shape index (κ2) is 19.2. The van der Waals surface area contributed by atoms with E-state index in [0.29, 0.717) is 0 Å². The van der Waals surface area contributed by atoms with Gasteiger partial charge in [0.15, 0.2) is 0 Å². The number of urea groups is 2. The second-order valence-electron chi connectivity index (χ2n) is 11.6. The summed E-state index contributed by atoms with van der Waals surface area (Å²) in [5, 5.41) is 14.2. The van der Waals surface area contributed by atoms with Gasteiger partial charge in [-0.1, -0.05) is 27.7 Å². The third-order valence-electron chi connectivity index (χ3n) is 6.47. The summed E-state index contributed by atoms with van der Waals surface area (Å²) >= 11 is 0. The van der Waals surface area contributed by atoms with Gasteiger partial charge in [-0.05, 0) is 73.2 Å². The van der Waals surface area contributed by atoms with E-state index in [1.54, 1.807) is 27.7 Å². The lowest BCUT2D eigenvalue weighted by molar-refractivity contribution is -0.138. The lowest BCUT2D eigenvalue weighted by Crippen LogP contribution is -2.49. The Balaban J connectivity index is 1.81. The van der Waals surface area contributed by atoms with Crippen molar-refractivity contribution < 1.29 is 59.1 Å². The zero-order valence-corrected chi connectivity index (χ0v) is 28.4. The van der Waals surface area contributed by atoms with Crippen LogP contribution in [0.3, 0.4) is 0 Å². The number of alkyl halides is 6. The molecule has 20 heteroatoms. The van der Waals surface area contributed by atoms with E-state index in [4.69, 9.17) is 9.05 Å². The number of nitrogens with one attached hydrogen (secondary N) is 6. The van der Waals surface area contributed by atoms with Crippen molar-refractivity contribution in [1.82, 2.24) is 21.3 Å². The summed E-state index contributed by atoms with van der Waals surface area (Å²) in [5.41, 5.74) is -1.70. The van der Waals surface area contributed by atoms with Crippen molar-refractivity contribution in [3.63, 3.8) is 0 Å². The molecule has 0 bridgehead atoms. The molecular formula is C30H39F6N6O7P. The Morgan fingerprint density at radius 2 is 0.940 bits per heavy atom. The van der Waals surface area contributed by atoms with Crippen LogP contribution in [-0.4, -0.2) is 49.4 Å². The first kappa shape index (κ1) is 41.8. The average Bonchev–Trinajstić information content (AvgIpc) is 2.99. The molecule has 0 radical (unpaired) electrons. The van der Waals surface area contributed by atoms with E-state index >= 15 is 0 Å². The summed E-state index contributed by atoms with van der Waals surface area (Å²) in [5.74, 6) is -1.59. The number of carbonyl (C=O) groups is 4. The van der Waals surface area contributed by atoms with Crippen LogP contribution < -0.4 is 31.9 Å². The number of carbonyl (C=O) groups excluding carboxylic acids is 4. The molecule has 0 aliphatic heterocycles. The molecule has 0 spiro atoms. The largest absolute Gasteiger partial charge is 0.416 e. The minimum absolute atomic E-state index is 0.0538. The number of rotatable bonds is 16. The maximum absolute atomic E-state index is 12.8. The first-order valence-electron chi connectivity index (χ1n) is 15.1. The van der Waals surface area contributed by atoms with Gasteiger partial charge in [0.2, 0.25) is 11.8 Å². The standard InChI is InChI=1S/C30H39F6N6O7P/c1-17(2)13-23(41-27(45)39-21-9-5-19(6-10-21)29(31,32)33)25(43)37-15-48-50(47)49-16-38-26(44)24(14-18(3)4)42-28(46)40-22-11-7-20(8-12-22)30(34,35)36/h5-12,17-18,23-24,50H,13-16H2,1-4H3,(H,37,43)(H,38,44)(H2,39,41,45)(H2,40,42,46)/t23-,24-/m0/s1. The van der Waals surface area contributed by atoms with Crippen molar-refractivity contribution >= 4 is 43.5 Å². The summed E-state index contributed by atoms with van der Waals surface area (Å²) in [6.07, 6.45) is -8.77. The Bertz CT molecular complexity index is 1350. The van der Waals surface area contributed by atoms with Crippen molar-refractivity contribution in [3.8, 4) is 0 Å². The van der Waals surface area contributed by atoms with Crippen LogP contribution in [0.15, 0.2) is 48.5 Å². The summed E-state index contributed by atoms with van der Waals surface area (Å²) in [7, 11) is -3.27. The summed E-state index contributed by atoms with van der Waals surface area (Å²) in [6, 6.07) is 3.45. The van der Waals surface area contributed by atoms with Gasteiger partial charge in [-0.25, -0.2) is 9.59 Å². The number of hydrogen-bond donors (Lipinski definition) is 6. The van der Waals surface area contributed by atoms with Crippen LogP contribution in [-0.2, 0) is 35.6 Å². The van der Waals surface area contributed by atoms with E-state index in [1.165, 1.54) is 0 Å². The number of benzene rings is 2. The van der Waals surface area contributed by atoms with E-state index < -0.39 is 81.2 Å². The highest BCUT2D eigenvalue weighted by Gasteiger charge is 2.31. The first-order chi connectivity index (χ1) is 23.2. The van der Waals surface area contributed by atoms with Crippen LogP contribution in [0.25, 0.3) is 0 Å². The monoisotopic (exact) mass is 740 g/mol. The fourth-order valence-corrected chi connectivity index (χ4v) is 4.63. The van der Waals surface area contributed by atoms with Gasteiger partial charge in [-0.2, -0.15) is 26.3 Å². The minimum atomic E-state index is -4.55. The fraction of sp³-hybridized carbons (Fsp3) is 0.467. The van der Waals surface area contributed by atoms with E-state index in [9.17, 15) is 50.1 Å². The zero-order valence-electron chi connectivity index (χ0n) is 27.4. The lowest BCUT2D eigenvalue weighted by atomic mass is 10.0. The molecule has 2 aromatic rings. The molecule has 0 saturated carbocycles. The molecule has 0 heterocycles. The van der Waals surface area contributed by atoms with Crippen LogP contribution in [0.2, 0.25) is 0 Å². The zero-order chi connectivity index (χ0) is 37.6. The van der Waals surface area contributed by atoms with Crippen molar-refractivity contribution in [2.45, 2.75) is 65.0 Å². The quantitative estimate of drug-likeness (QED) is 0.0688. The third kappa shape index (κ3) is 15.5. The van der Waals surface area contributed by atoms with E-state index in [2.05, 4.69) is 31.9 Å². The average molecular weight is 741 g/mol. The fourth-order valence-electron chi connectivity index (χ4n) is 4.16. The van der Waals surface area contributed by atoms with Crippen molar-refractivity contribution in [2.75, 3.05) is 24.1 Å². The molecule has 0 aliphatic rings. The molecular weight excluding hydrogens is 701 g/mol. The topological polar surface area (TPSA) is 176 Å². The molecule has 0 unspecified atom stereocenters. The second-order valence-corrected chi connectivity index (χ2v) is 12.7. The highest BCUT2D eigenvalue weighted by molar-refractivity contribution is 7.33. The van der Waals surface area contributed by atoms with Crippen molar-refractivity contribution in [1.29, 1.82) is 0 Å². The summed E-state index contributed by atoms with van der Waals surface area (Å²) in [6.45, 7) is 5.90. The van der Waals surface area contributed by atoms with Gasteiger partial charge in [0.1, 0.15) is 25.5 Å². The molecule has 2 aromatic carbocycles. The molecule has 0 aliphatic carbocycles. The van der Waals surface area contributed by atoms with Crippen LogP contribution >= 0.6 is 8.25 Å². The summed E-state index contributed by atoms with van der Waals surface area (Å²) < 4.78 is 98.7. The Kier molecular flexibility index (Phi) is 16.0. The van der Waals surface area contributed by atoms with Crippen LogP contribution in [0.4, 0.5) is 47.3 Å². The lowest BCUT2D eigenvalue weighted by Gasteiger charge is -2.21. The minimum Gasteiger partial charge on any atom is -0.331 e. The Labute approximate surface area is 284 Å². The van der Waals surface area contributed by atoms with E-state index in [1.807, 2.05) is 0 Å². The number of amides is 6. The van der Waals surface area contributed by atoms with Gasteiger partial charge >= 0.3 is 32.7 Å². The predicted molar refractivity (Wildman–Crippen MR) is 171 cm³/mol. The van der Waals surface area contributed by atoms with Gasteiger partial charge in [0.25, 0.3) is 0 Å². The number of anilines is 2. The predicted octanol–water partition coefficient (Wildman–Crippen LogP) is 6.07. The summed E-state index contributed by atoms with van der Waals surface area (Å²) in [4.78, 5) is 50.2. The molecule has 6 amide bonds. The van der Waals surface area contributed by atoms with Gasteiger partial charge in [0.05, 0.1) is 11.1 Å². The molecule has 50 heavy (non-hydrogen) atoms. The molecule has 0 aromatic heterocycles. The van der Waals surface area contributed by atoms with Crippen LogP contribution in [0.1, 0.15) is 51.7 Å². The Hall–Kier alpha value is -4.35. The van der Waals surface area contributed by atoms with Crippen molar-refractivity contribution in [3.05, 3.63) is 59.7 Å². The molecule has 2 rings (SSSR count). The Morgan fingerprint density at radius 3 is 1.22 bits per heavy atom. The van der Waals surface area contributed by atoms with Crippen molar-refractivity contribution in [2.24, 2.45) is 11.8 Å². The molecule has 13 nitrogen and oxygen atoms in total. The number of halogens is 6.